The van der Waals surface area contributed by atoms with E-state index in [1.807, 2.05) is 20.8 Å². The van der Waals surface area contributed by atoms with Crippen LogP contribution in [-0.4, -0.2) is 30.8 Å². The van der Waals surface area contributed by atoms with Crippen LogP contribution in [0.2, 0.25) is 0 Å². The first kappa shape index (κ1) is 14.6. The Morgan fingerprint density at radius 3 is 2.53 bits per heavy atom. The molecule has 4 nitrogen and oxygen atoms in total. The summed E-state index contributed by atoms with van der Waals surface area (Å²) in [5, 5.41) is 6.57. The second-order valence-corrected chi connectivity index (χ2v) is 7.06. The molecule has 1 spiro atoms. The van der Waals surface area contributed by atoms with Gasteiger partial charge in [-0.15, -0.1) is 0 Å². The Morgan fingerprint density at radius 1 is 1.21 bits per heavy atom. The van der Waals surface area contributed by atoms with Crippen molar-refractivity contribution in [3.63, 3.8) is 0 Å². The number of ether oxygens (including phenoxy) is 1. The maximum absolute atomic E-state index is 12.0. The topological polar surface area (TPSA) is 50.4 Å². The van der Waals surface area contributed by atoms with E-state index >= 15 is 0 Å². The zero-order chi connectivity index (χ0) is 13.9. The maximum Gasteiger partial charge on any atom is 0.407 e. The van der Waals surface area contributed by atoms with Gasteiger partial charge in [0.2, 0.25) is 0 Å². The third kappa shape index (κ3) is 3.85. The fraction of sp³-hybridized carbons (Fsp3) is 0.933. The van der Waals surface area contributed by atoms with Crippen molar-refractivity contribution < 1.29 is 9.53 Å². The van der Waals surface area contributed by atoms with Gasteiger partial charge in [0.15, 0.2) is 0 Å². The van der Waals surface area contributed by atoms with Gasteiger partial charge in [0.05, 0.1) is 0 Å². The number of rotatable bonds is 1. The molecular weight excluding hydrogens is 240 g/mol. The summed E-state index contributed by atoms with van der Waals surface area (Å²) in [6.07, 6.45) is 6.95. The zero-order valence-electron chi connectivity index (χ0n) is 12.6. The van der Waals surface area contributed by atoms with Crippen LogP contribution in [0.4, 0.5) is 4.79 Å². The Kier molecular flexibility index (Phi) is 4.39. The van der Waals surface area contributed by atoms with Gasteiger partial charge in [0.1, 0.15) is 5.60 Å². The highest BCUT2D eigenvalue weighted by Crippen LogP contribution is 2.43. The molecule has 2 aliphatic rings. The van der Waals surface area contributed by atoms with E-state index in [0.717, 1.165) is 19.5 Å². The predicted molar refractivity (Wildman–Crippen MR) is 76.2 cm³/mol. The van der Waals surface area contributed by atoms with Gasteiger partial charge in [-0.05, 0) is 65.0 Å². The summed E-state index contributed by atoms with van der Waals surface area (Å²) >= 11 is 0. The molecule has 1 atom stereocenters. The van der Waals surface area contributed by atoms with Gasteiger partial charge in [0.25, 0.3) is 0 Å². The summed E-state index contributed by atoms with van der Waals surface area (Å²) in [5.74, 6) is 0. The molecular formula is C15H28N2O2. The lowest BCUT2D eigenvalue weighted by Crippen LogP contribution is -2.54. The Balaban J connectivity index is 1.98. The molecule has 2 fully saturated rings. The average Bonchev–Trinajstić information content (AvgIpc) is 2.31. The van der Waals surface area contributed by atoms with Crippen molar-refractivity contribution in [1.82, 2.24) is 10.6 Å². The van der Waals surface area contributed by atoms with Crippen LogP contribution in [0.5, 0.6) is 0 Å². The van der Waals surface area contributed by atoms with Crippen LogP contribution in [0.25, 0.3) is 0 Å². The van der Waals surface area contributed by atoms with E-state index in [1.54, 1.807) is 0 Å². The van der Waals surface area contributed by atoms with E-state index < -0.39 is 5.60 Å². The fourth-order valence-electron chi connectivity index (χ4n) is 3.50. The average molecular weight is 268 g/mol. The van der Waals surface area contributed by atoms with Gasteiger partial charge < -0.3 is 15.4 Å². The monoisotopic (exact) mass is 268 g/mol. The Morgan fingerprint density at radius 2 is 1.89 bits per heavy atom. The largest absolute Gasteiger partial charge is 0.444 e. The smallest absolute Gasteiger partial charge is 0.407 e. The number of amides is 1. The first-order valence-corrected chi connectivity index (χ1v) is 7.62. The van der Waals surface area contributed by atoms with Crippen molar-refractivity contribution in [1.29, 1.82) is 0 Å². The van der Waals surface area contributed by atoms with Crippen molar-refractivity contribution in [2.75, 3.05) is 13.1 Å². The van der Waals surface area contributed by atoms with E-state index in [0.29, 0.717) is 5.41 Å². The highest BCUT2D eigenvalue weighted by Gasteiger charge is 2.42. The molecule has 1 saturated carbocycles. The van der Waals surface area contributed by atoms with E-state index in [1.165, 1.54) is 32.1 Å². The summed E-state index contributed by atoms with van der Waals surface area (Å²) in [6.45, 7) is 7.88. The second-order valence-electron chi connectivity index (χ2n) is 7.06. The number of carbonyl (C=O) groups excluding carboxylic acids is 1. The lowest BCUT2D eigenvalue weighted by molar-refractivity contribution is 0.0317. The molecule has 0 aromatic carbocycles. The Bertz CT molecular complexity index is 308. The third-order valence-corrected chi connectivity index (χ3v) is 4.45. The quantitative estimate of drug-likeness (QED) is 0.769. The number of piperidine rings is 1. The molecule has 1 aliphatic carbocycles. The molecule has 0 aromatic heterocycles. The molecule has 1 amide bonds. The summed E-state index contributed by atoms with van der Waals surface area (Å²) in [5.41, 5.74) is -0.111. The van der Waals surface area contributed by atoms with Crippen LogP contribution >= 0.6 is 0 Å². The van der Waals surface area contributed by atoms with Gasteiger partial charge in [-0.2, -0.15) is 0 Å². The molecule has 110 valence electrons. The van der Waals surface area contributed by atoms with E-state index in [-0.39, 0.29) is 12.1 Å². The summed E-state index contributed by atoms with van der Waals surface area (Å²) < 4.78 is 5.41. The predicted octanol–water partition coefficient (Wildman–Crippen LogP) is 2.82. The molecule has 1 aliphatic heterocycles. The summed E-state index contributed by atoms with van der Waals surface area (Å²) in [4.78, 5) is 12.0. The van der Waals surface area contributed by atoms with Crippen LogP contribution in [0.1, 0.15) is 59.3 Å². The normalized spacial score (nSPS) is 27.0. The minimum absolute atomic E-state index is 0.252. The molecule has 0 unspecified atom stereocenters. The Labute approximate surface area is 116 Å². The van der Waals surface area contributed by atoms with Crippen molar-refractivity contribution in [3.05, 3.63) is 0 Å². The summed E-state index contributed by atoms with van der Waals surface area (Å²) in [7, 11) is 0. The van der Waals surface area contributed by atoms with Crippen LogP contribution < -0.4 is 10.6 Å². The van der Waals surface area contributed by atoms with Crippen molar-refractivity contribution >= 4 is 6.09 Å². The Hall–Kier alpha value is -0.770. The first-order chi connectivity index (χ1) is 8.91. The molecule has 19 heavy (non-hydrogen) atoms. The van der Waals surface area contributed by atoms with E-state index in [9.17, 15) is 4.79 Å². The lowest BCUT2D eigenvalue weighted by Gasteiger charge is -2.47. The first-order valence-electron chi connectivity index (χ1n) is 7.62. The van der Waals surface area contributed by atoms with Crippen molar-refractivity contribution in [2.24, 2.45) is 5.41 Å². The maximum atomic E-state index is 12.0. The molecule has 0 radical (unpaired) electrons. The second kappa shape index (κ2) is 5.70. The number of hydrogen-bond acceptors (Lipinski definition) is 3. The molecule has 1 heterocycles. The van der Waals surface area contributed by atoms with Crippen molar-refractivity contribution in [2.45, 2.75) is 70.9 Å². The number of nitrogens with one attached hydrogen (secondary N) is 2. The third-order valence-electron chi connectivity index (χ3n) is 4.45. The van der Waals surface area contributed by atoms with Crippen LogP contribution in [0, 0.1) is 5.41 Å². The molecule has 0 aromatic rings. The van der Waals surface area contributed by atoms with Crippen LogP contribution in [0.15, 0.2) is 0 Å². The minimum atomic E-state index is -0.417. The number of alkyl carbamates (subject to hydrolysis) is 1. The van der Waals surface area contributed by atoms with E-state index in [4.69, 9.17) is 4.74 Å². The van der Waals surface area contributed by atoms with Gasteiger partial charge in [0, 0.05) is 6.04 Å². The fourth-order valence-corrected chi connectivity index (χ4v) is 3.50. The SMILES string of the molecule is CC(C)(C)OC(=O)N[C@@H]1CCCCC12CCNCC2. The van der Waals surface area contributed by atoms with Gasteiger partial charge in [-0.1, -0.05) is 12.8 Å². The van der Waals surface area contributed by atoms with E-state index in [2.05, 4.69) is 10.6 Å². The minimum Gasteiger partial charge on any atom is -0.444 e. The van der Waals surface area contributed by atoms with Crippen molar-refractivity contribution in [3.8, 4) is 0 Å². The van der Waals surface area contributed by atoms with Gasteiger partial charge >= 0.3 is 6.09 Å². The zero-order valence-corrected chi connectivity index (χ0v) is 12.6. The number of carbonyl (C=O) groups is 1. The molecule has 0 bridgehead atoms. The molecule has 1 saturated heterocycles. The lowest BCUT2D eigenvalue weighted by atomic mass is 9.65. The van der Waals surface area contributed by atoms with Crippen LogP contribution in [0.3, 0.4) is 0 Å². The molecule has 2 rings (SSSR count). The molecule has 2 N–H and O–H groups in total. The standard InChI is InChI=1S/C15H28N2O2/c1-14(2,3)19-13(18)17-12-6-4-5-7-15(12)8-10-16-11-9-15/h12,16H,4-11H2,1-3H3,(H,17,18)/t12-/m1/s1. The number of hydrogen-bond donors (Lipinski definition) is 2. The highest BCUT2D eigenvalue weighted by atomic mass is 16.6. The summed E-state index contributed by atoms with van der Waals surface area (Å²) in [6, 6.07) is 0.290. The van der Waals surface area contributed by atoms with Crippen LogP contribution in [-0.2, 0) is 4.74 Å². The van der Waals surface area contributed by atoms with Gasteiger partial charge in [-0.25, -0.2) is 4.79 Å². The highest BCUT2D eigenvalue weighted by molar-refractivity contribution is 5.68. The van der Waals surface area contributed by atoms with Gasteiger partial charge in [-0.3, -0.25) is 0 Å². The molecule has 4 heteroatoms.